The molecule has 36 heavy (non-hydrogen) atoms. The average Bonchev–Trinajstić information content (AvgIpc) is 3.29. The molecule has 1 aliphatic rings. The van der Waals surface area contributed by atoms with Gasteiger partial charge < -0.3 is 24.1 Å². The van der Waals surface area contributed by atoms with Crippen LogP contribution in [0.5, 0.6) is 11.5 Å². The summed E-state index contributed by atoms with van der Waals surface area (Å²) in [5.41, 5.74) is 3.67. The van der Waals surface area contributed by atoms with Gasteiger partial charge >= 0.3 is 0 Å². The maximum Gasteiger partial charge on any atom is 0.255 e. The van der Waals surface area contributed by atoms with Crippen molar-refractivity contribution >= 4 is 28.6 Å². The Morgan fingerprint density at radius 1 is 1.14 bits per heavy atom. The van der Waals surface area contributed by atoms with E-state index in [1.807, 2.05) is 24.3 Å². The van der Waals surface area contributed by atoms with Crippen LogP contribution in [0, 0.1) is 0 Å². The Morgan fingerprint density at radius 2 is 1.89 bits per heavy atom. The average molecular weight is 509 g/mol. The number of carbonyl (C=O) groups excluding carboxylic acids is 1. The van der Waals surface area contributed by atoms with Crippen molar-refractivity contribution in [1.82, 2.24) is 9.47 Å². The van der Waals surface area contributed by atoms with E-state index in [2.05, 4.69) is 33.7 Å². The Morgan fingerprint density at radius 3 is 2.61 bits per heavy atom. The number of hydrogen-bond donors (Lipinski definition) is 1. The van der Waals surface area contributed by atoms with Crippen LogP contribution in [0.15, 0.2) is 59.4 Å². The van der Waals surface area contributed by atoms with Crippen LogP contribution in [0.4, 0.5) is 5.69 Å². The first-order valence-corrected chi connectivity index (χ1v) is 12.8. The Hall–Kier alpha value is -3.40. The predicted octanol–water partition coefficient (Wildman–Crippen LogP) is 4.24. The van der Waals surface area contributed by atoms with Gasteiger partial charge in [-0.3, -0.25) is 9.69 Å². The summed E-state index contributed by atoms with van der Waals surface area (Å²) in [5, 5.41) is 5.15. The minimum atomic E-state index is -0.260. The molecule has 4 rings (SSSR count). The fourth-order valence-electron chi connectivity index (χ4n) is 4.10. The number of aromatic nitrogens is 1. The van der Waals surface area contributed by atoms with Crippen molar-refractivity contribution in [1.29, 1.82) is 0 Å². The molecule has 1 N–H and O–H groups in total. The third-order valence-corrected chi connectivity index (χ3v) is 6.96. The fraction of sp³-hybridized carbons (Fsp3) is 0.333. The van der Waals surface area contributed by atoms with E-state index in [4.69, 9.17) is 19.2 Å². The summed E-state index contributed by atoms with van der Waals surface area (Å²) in [6.07, 6.45) is 0. The van der Waals surface area contributed by atoms with Crippen molar-refractivity contribution in [3.63, 3.8) is 0 Å². The molecule has 0 saturated carbocycles. The smallest absolute Gasteiger partial charge is 0.255 e. The first-order chi connectivity index (χ1) is 17.5. The van der Waals surface area contributed by atoms with E-state index < -0.39 is 0 Å². The van der Waals surface area contributed by atoms with E-state index in [1.54, 1.807) is 43.8 Å². The number of benzene rings is 2. The van der Waals surface area contributed by atoms with Crippen LogP contribution in [0.1, 0.15) is 28.5 Å². The van der Waals surface area contributed by atoms with Crippen molar-refractivity contribution in [3.8, 4) is 11.5 Å². The maximum atomic E-state index is 13.0. The number of ether oxygens (including phenoxy) is 3. The largest absolute Gasteiger partial charge is 0.493 e. The maximum absolute atomic E-state index is 13.0. The molecule has 3 aromatic rings. The zero-order chi connectivity index (χ0) is 25.5. The van der Waals surface area contributed by atoms with Crippen LogP contribution >= 0.6 is 11.3 Å². The number of nitrogens with one attached hydrogen (secondary N) is 1. The molecule has 0 radical (unpaired) electrons. The normalized spacial score (nSPS) is 14.5. The molecule has 2 heterocycles. The monoisotopic (exact) mass is 508 g/mol. The van der Waals surface area contributed by atoms with Crippen LogP contribution in [0.25, 0.3) is 5.70 Å². The lowest BCUT2D eigenvalue weighted by molar-refractivity contribution is 0.0332. The molecule has 8 nitrogen and oxygen atoms in total. The van der Waals surface area contributed by atoms with Crippen molar-refractivity contribution in [2.24, 2.45) is 4.99 Å². The van der Waals surface area contributed by atoms with Crippen LogP contribution in [-0.4, -0.2) is 55.9 Å². The van der Waals surface area contributed by atoms with Gasteiger partial charge in [-0.2, -0.15) is 0 Å². The van der Waals surface area contributed by atoms with Gasteiger partial charge in [0, 0.05) is 48.4 Å². The summed E-state index contributed by atoms with van der Waals surface area (Å²) >= 11 is 1.60. The van der Waals surface area contributed by atoms with Gasteiger partial charge in [0.05, 0.1) is 38.8 Å². The van der Waals surface area contributed by atoms with Gasteiger partial charge in [0.25, 0.3) is 5.91 Å². The summed E-state index contributed by atoms with van der Waals surface area (Å²) in [4.78, 5) is 21.2. The topological polar surface area (TPSA) is 77.3 Å². The van der Waals surface area contributed by atoms with E-state index in [0.29, 0.717) is 28.4 Å². The van der Waals surface area contributed by atoms with E-state index in [9.17, 15) is 4.79 Å². The van der Waals surface area contributed by atoms with Crippen LogP contribution in [-0.2, 0) is 17.8 Å². The molecular formula is C27H32N4O4S. The number of carbonyl (C=O) groups is 1. The molecule has 1 saturated heterocycles. The highest BCUT2D eigenvalue weighted by molar-refractivity contribution is 7.07. The molecule has 190 valence electrons. The van der Waals surface area contributed by atoms with E-state index >= 15 is 0 Å². The third kappa shape index (κ3) is 5.87. The van der Waals surface area contributed by atoms with E-state index in [1.165, 1.54) is 5.69 Å². The number of nitrogens with zero attached hydrogens (tertiary/aromatic N) is 3. The Kier molecular flexibility index (Phi) is 8.58. The second-order valence-corrected chi connectivity index (χ2v) is 9.11. The Labute approximate surface area is 215 Å². The van der Waals surface area contributed by atoms with Crippen LogP contribution in [0.2, 0.25) is 0 Å². The number of methoxy groups -OCH3 is 2. The van der Waals surface area contributed by atoms with Crippen LogP contribution in [0.3, 0.4) is 0 Å². The lowest BCUT2D eigenvalue weighted by Crippen LogP contribution is -2.36. The SMILES string of the molecule is C=C(N=c1scc(CN2CCOCC2)n1CC)c1ccccc1NC(=O)c1ccc(OC)c(OC)c1. The first kappa shape index (κ1) is 25.7. The molecule has 0 atom stereocenters. The number of hydrogen-bond acceptors (Lipinski definition) is 7. The highest BCUT2D eigenvalue weighted by atomic mass is 32.1. The molecule has 0 unspecified atom stereocenters. The number of morpholine rings is 1. The predicted molar refractivity (Wildman–Crippen MR) is 143 cm³/mol. The fourth-order valence-corrected chi connectivity index (χ4v) is 5.08. The minimum absolute atomic E-state index is 0.260. The number of thiazole rings is 1. The van der Waals surface area contributed by atoms with Crippen LogP contribution < -0.4 is 19.6 Å². The third-order valence-electron chi connectivity index (χ3n) is 6.05. The molecule has 1 aromatic heterocycles. The van der Waals surface area contributed by atoms with Gasteiger partial charge in [0.15, 0.2) is 16.3 Å². The summed E-state index contributed by atoms with van der Waals surface area (Å²) in [7, 11) is 3.10. The zero-order valence-corrected chi connectivity index (χ0v) is 21.8. The quantitative estimate of drug-likeness (QED) is 0.468. The number of rotatable bonds is 9. The molecule has 0 aliphatic carbocycles. The van der Waals surface area contributed by atoms with Crippen molar-refractivity contribution < 1.29 is 19.0 Å². The lowest BCUT2D eigenvalue weighted by Gasteiger charge is -2.26. The highest BCUT2D eigenvalue weighted by Crippen LogP contribution is 2.29. The van der Waals surface area contributed by atoms with E-state index in [-0.39, 0.29) is 5.91 Å². The first-order valence-electron chi connectivity index (χ1n) is 11.9. The van der Waals surface area contributed by atoms with Gasteiger partial charge in [-0.1, -0.05) is 24.8 Å². The number of amides is 1. The summed E-state index contributed by atoms with van der Waals surface area (Å²) < 4.78 is 18.3. The summed E-state index contributed by atoms with van der Waals surface area (Å²) in [5.74, 6) is 0.797. The number of para-hydroxylation sites is 1. The van der Waals surface area contributed by atoms with E-state index in [0.717, 1.165) is 49.8 Å². The highest BCUT2D eigenvalue weighted by Gasteiger charge is 2.16. The number of anilines is 1. The minimum Gasteiger partial charge on any atom is -0.493 e. The molecule has 1 amide bonds. The lowest BCUT2D eigenvalue weighted by atomic mass is 10.1. The van der Waals surface area contributed by atoms with Gasteiger partial charge in [0.1, 0.15) is 0 Å². The van der Waals surface area contributed by atoms with Gasteiger partial charge in [-0.05, 0) is 31.2 Å². The zero-order valence-electron chi connectivity index (χ0n) is 21.0. The molecule has 2 aromatic carbocycles. The molecule has 0 spiro atoms. The Balaban J connectivity index is 1.56. The summed E-state index contributed by atoms with van der Waals surface area (Å²) in [6.45, 7) is 11.4. The molecular weight excluding hydrogens is 476 g/mol. The van der Waals surface area contributed by atoms with Gasteiger partial charge in [-0.15, -0.1) is 11.3 Å². The molecule has 1 aliphatic heterocycles. The standard InChI is InChI=1S/C27H32N4O4S/c1-5-31-21(17-30-12-14-35-15-13-30)18-36-27(31)28-19(2)22-8-6-7-9-23(22)29-26(32)20-10-11-24(33-3)25(16-20)34-4/h6-11,16,18H,2,5,12-15,17H2,1,3-4H3,(H,29,32). The van der Waals surface area contributed by atoms with Crippen molar-refractivity contribution in [2.75, 3.05) is 45.8 Å². The molecule has 1 fully saturated rings. The Bertz CT molecular complexity index is 1290. The van der Waals surface area contributed by atoms with Crippen molar-refractivity contribution in [3.05, 3.63) is 76.0 Å². The summed E-state index contributed by atoms with van der Waals surface area (Å²) in [6, 6.07) is 12.6. The van der Waals surface area contributed by atoms with Crippen molar-refractivity contribution in [2.45, 2.75) is 20.0 Å². The molecule has 9 heteroatoms. The second-order valence-electron chi connectivity index (χ2n) is 8.27. The molecule has 0 bridgehead atoms. The second kappa shape index (κ2) is 12.0. The van der Waals surface area contributed by atoms with Gasteiger partial charge in [-0.25, -0.2) is 4.99 Å². The van der Waals surface area contributed by atoms with Gasteiger partial charge in [0.2, 0.25) is 0 Å².